The van der Waals surface area contributed by atoms with Crippen LogP contribution in [0.4, 0.5) is 0 Å². The van der Waals surface area contributed by atoms with Gasteiger partial charge in [-0.25, -0.2) is 0 Å². The lowest BCUT2D eigenvalue weighted by atomic mass is 9.72. The smallest absolute Gasteiger partial charge is 0.248 e. The van der Waals surface area contributed by atoms with E-state index in [9.17, 15) is 9.90 Å². The van der Waals surface area contributed by atoms with Gasteiger partial charge in [-0.15, -0.1) is 0 Å². The molecule has 0 aromatic heterocycles. The zero-order chi connectivity index (χ0) is 16.4. The second-order valence-electron chi connectivity index (χ2n) is 7.45. The fourth-order valence-electron chi connectivity index (χ4n) is 4.51. The summed E-state index contributed by atoms with van der Waals surface area (Å²) in [4.78, 5) is 13.9. The lowest BCUT2D eigenvalue weighted by Crippen LogP contribution is -2.48. The topological polar surface area (TPSA) is 66.6 Å². The van der Waals surface area contributed by atoms with E-state index in [0.29, 0.717) is 17.5 Å². The number of hydrogen-bond donors (Lipinski definition) is 2. The first-order valence-electron chi connectivity index (χ1n) is 8.82. The summed E-state index contributed by atoms with van der Waals surface area (Å²) in [5.41, 5.74) is 6.54. The van der Waals surface area contributed by atoms with Crippen LogP contribution >= 0.6 is 0 Å². The van der Waals surface area contributed by atoms with Crippen molar-refractivity contribution in [2.24, 2.45) is 11.7 Å². The zero-order valence-corrected chi connectivity index (χ0v) is 14.0. The van der Waals surface area contributed by atoms with Gasteiger partial charge in [0.2, 0.25) is 5.91 Å². The van der Waals surface area contributed by atoms with Gasteiger partial charge in [-0.2, -0.15) is 0 Å². The standard InChI is InChI=1S/C19H28N2O2/c1-19(23)10-3-2-8-16(19)17-9-5-11-21(17)13-14-6-4-7-15(12-14)18(20)22/h4,6-7,12,16-17,23H,2-3,5,8-11,13H2,1H3,(H2,20,22)/t16-,17-,19+/m1/s1. The molecule has 1 aliphatic carbocycles. The number of carbonyl (C=O) groups is 1. The molecule has 0 spiro atoms. The van der Waals surface area contributed by atoms with Crippen LogP contribution in [0.2, 0.25) is 0 Å². The van der Waals surface area contributed by atoms with Crippen molar-refractivity contribution in [2.45, 2.75) is 63.6 Å². The maximum Gasteiger partial charge on any atom is 0.248 e. The van der Waals surface area contributed by atoms with Crippen LogP contribution in [0.5, 0.6) is 0 Å². The van der Waals surface area contributed by atoms with Gasteiger partial charge in [0, 0.05) is 24.1 Å². The van der Waals surface area contributed by atoms with Gasteiger partial charge in [-0.3, -0.25) is 9.69 Å². The van der Waals surface area contributed by atoms with Crippen molar-refractivity contribution in [3.05, 3.63) is 35.4 Å². The van der Waals surface area contributed by atoms with Gasteiger partial charge >= 0.3 is 0 Å². The molecular formula is C19H28N2O2. The summed E-state index contributed by atoms with van der Waals surface area (Å²) in [5, 5.41) is 10.8. The predicted octanol–water partition coefficient (Wildman–Crippen LogP) is 2.69. The second kappa shape index (κ2) is 6.62. The Bertz CT molecular complexity index is 570. The van der Waals surface area contributed by atoms with Gasteiger partial charge in [0.05, 0.1) is 5.60 Å². The maximum absolute atomic E-state index is 11.4. The Kier molecular flexibility index (Phi) is 4.74. The van der Waals surface area contributed by atoms with Crippen LogP contribution in [0, 0.1) is 5.92 Å². The Hall–Kier alpha value is -1.39. The molecule has 23 heavy (non-hydrogen) atoms. The Morgan fingerprint density at radius 2 is 2.17 bits per heavy atom. The molecule has 3 N–H and O–H groups in total. The number of carbonyl (C=O) groups excluding carboxylic acids is 1. The SMILES string of the molecule is C[C@]1(O)CCCC[C@@H]1[C@H]1CCCN1Cc1cccc(C(N)=O)c1. The van der Waals surface area contributed by atoms with Crippen LogP contribution in [0.3, 0.4) is 0 Å². The highest BCUT2D eigenvalue weighted by Crippen LogP contribution is 2.41. The van der Waals surface area contributed by atoms with E-state index in [1.54, 1.807) is 6.07 Å². The normalized spacial score (nSPS) is 32.1. The van der Waals surface area contributed by atoms with Crippen LogP contribution in [0.25, 0.3) is 0 Å². The molecule has 1 aliphatic heterocycles. The minimum Gasteiger partial charge on any atom is -0.390 e. The van der Waals surface area contributed by atoms with Gasteiger partial charge in [0.25, 0.3) is 0 Å². The first kappa shape index (κ1) is 16.5. The Labute approximate surface area is 138 Å². The average Bonchev–Trinajstić information content (AvgIpc) is 2.95. The summed E-state index contributed by atoms with van der Waals surface area (Å²) in [6.07, 6.45) is 6.75. The number of aliphatic hydroxyl groups is 1. The summed E-state index contributed by atoms with van der Waals surface area (Å²) in [6, 6.07) is 8.07. The molecule has 2 aliphatic rings. The molecule has 2 fully saturated rings. The van der Waals surface area contributed by atoms with Gasteiger partial charge in [0.1, 0.15) is 0 Å². The average molecular weight is 316 g/mol. The molecule has 0 unspecified atom stereocenters. The highest BCUT2D eigenvalue weighted by molar-refractivity contribution is 5.92. The Morgan fingerprint density at radius 3 is 2.91 bits per heavy atom. The summed E-state index contributed by atoms with van der Waals surface area (Å²) in [5.74, 6) is -0.0156. The highest BCUT2D eigenvalue weighted by Gasteiger charge is 2.43. The van der Waals surface area contributed by atoms with E-state index in [2.05, 4.69) is 11.0 Å². The van der Waals surface area contributed by atoms with Gasteiger partial charge in [0.15, 0.2) is 0 Å². The minimum absolute atomic E-state index is 0.359. The maximum atomic E-state index is 11.4. The van der Waals surface area contributed by atoms with Crippen molar-refractivity contribution in [3.63, 3.8) is 0 Å². The molecule has 1 heterocycles. The lowest BCUT2D eigenvalue weighted by molar-refractivity contribution is -0.0628. The summed E-state index contributed by atoms with van der Waals surface area (Å²) in [6.45, 7) is 3.91. The quantitative estimate of drug-likeness (QED) is 0.897. The summed E-state index contributed by atoms with van der Waals surface area (Å²) in [7, 11) is 0. The van der Waals surface area contributed by atoms with Crippen LogP contribution in [-0.4, -0.2) is 34.1 Å². The van der Waals surface area contributed by atoms with Crippen molar-refractivity contribution >= 4 is 5.91 Å². The van der Waals surface area contributed by atoms with E-state index in [1.165, 1.54) is 12.8 Å². The number of amides is 1. The summed E-state index contributed by atoms with van der Waals surface area (Å²) >= 11 is 0. The Balaban J connectivity index is 1.74. The molecule has 3 rings (SSSR count). The molecular weight excluding hydrogens is 288 g/mol. The lowest BCUT2D eigenvalue weighted by Gasteiger charge is -2.43. The molecule has 3 atom stereocenters. The largest absolute Gasteiger partial charge is 0.390 e. The fraction of sp³-hybridized carbons (Fsp3) is 0.632. The molecule has 126 valence electrons. The van der Waals surface area contributed by atoms with Gasteiger partial charge in [-0.05, 0) is 56.8 Å². The van der Waals surface area contributed by atoms with E-state index < -0.39 is 5.60 Å². The summed E-state index contributed by atoms with van der Waals surface area (Å²) < 4.78 is 0. The number of primary amides is 1. The molecule has 1 aromatic rings. The monoisotopic (exact) mass is 316 g/mol. The first-order chi connectivity index (χ1) is 11.0. The van der Waals surface area contributed by atoms with Crippen LogP contribution in [0.1, 0.15) is 61.4 Å². The van der Waals surface area contributed by atoms with E-state index >= 15 is 0 Å². The first-order valence-corrected chi connectivity index (χ1v) is 8.82. The number of nitrogens with zero attached hydrogens (tertiary/aromatic N) is 1. The predicted molar refractivity (Wildman–Crippen MR) is 91.0 cm³/mol. The van der Waals surface area contributed by atoms with Crippen molar-refractivity contribution in [1.29, 1.82) is 0 Å². The van der Waals surface area contributed by atoms with Crippen LogP contribution in [-0.2, 0) is 6.54 Å². The van der Waals surface area contributed by atoms with Crippen molar-refractivity contribution in [1.82, 2.24) is 4.90 Å². The van der Waals surface area contributed by atoms with E-state index in [0.717, 1.165) is 44.3 Å². The molecule has 0 radical (unpaired) electrons. The highest BCUT2D eigenvalue weighted by atomic mass is 16.3. The zero-order valence-electron chi connectivity index (χ0n) is 14.0. The van der Waals surface area contributed by atoms with E-state index in [-0.39, 0.29) is 5.91 Å². The van der Waals surface area contributed by atoms with Crippen LogP contribution in [0.15, 0.2) is 24.3 Å². The molecule has 1 aromatic carbocycles. The molecule has 4 nitrogen and oxygen atoms in total. The second-order valence-corrected chi connectivity index (χ2v) is 7.45. The molecule has 1 saturated heterocycles. The van der Waals surface area contributed by atoms with Crippen molar-refractivity contribution in [3.8, 4) is 0 Å². The number of hydrogen-bond acceptors (Lipinski definition) is 3. The third-order valence-electron chi connectivity index (χ3n) is 5.72. The number of likely N-dealkylation sites (tertiary alicyclic amines) is 1. The number of nitrogens with two attached hydrogens (primary N) is 1. The van der Waals surface area contributed by atoms with E-state index in [4.69, 9.17) is 5.73 Å². The van der Waals surface area contributed by atoms with Gasteiger partial charge in [-0.1, -0.05) is 25.0 Å². The van der Waals surface area contributed by atoms with E-state index in [1.807, 2.05) is 19.1 Å². The van der Waals surface area contributed by atoms with Crippen molar-refractivity contribution in [2.75, 3.05) is 6.54 Å². The van der Waals surface area contributed by atoms with Gasteiger partial charge < -0.3 is 10.8 Å². The minimum atomic E-state index is -0.541. The van der Waals surface area contributed by atoms with Crippen molar-refractivity contribution < 1.29 is 9.90 Å². The molecule has 1 saturated carbocycles. The van der Waals surface area contributed by atoms with Crippen LogP contribution < -0.4 is 5.73 Å². The third-order valence-corrected chi connectivity index (χ3v) is 5.72. The third kappa shape index (κ3) is 3.59. The Morgan fingerprint density at radius 1 is 1.35 bits per heavy atom. The molecule has 0 bridgehead atoms. The number of benzene rings is 1. The number of rotatable bonds is 4. The molecule has 4 heteroatoms. The fourth-order valence-corrected chi connectivity index (χ4v) is 4.51. The molecule has 1 amide bonds.